The number of para-hydroxylation sites is 1. The number of amides is 1. The van der Waals surface area contributed by atoms with Crippen molar-refractivity contribution in [3.63, 3.8) is 0 Å². The van der Waals surface area contributed by atoms with E-state index in [1.807, 2.05) is 47.4 Å². The van der Waals surface area contributed by atoms with E-state index < -0.39 is 0 Å². The van der Waals surface area contributed by atoms with Gasteiger partial charge in [-0.3, -0.25) is 4.79 Å². The fourth-order valence-electron chi connectivity index (χ4n) is 4.05. The molecule has 0 saturated carbocycles. The monoisotopic (exact) mass is 433 g/mol. The summed E-state index contributed by atoms with van der Waals surface area (Å²) in [5.74, 6) is 1.30. The van der Waals surface area contributed by atoms with E-state index in [9.17, 15) is 4.79 Å². The van der Waals surface area contributed by atoms with Crippen LogP contribution in [0.4, 0.5) is 11.6 Å². The Hall–Kier alpha value is -3.23. The maximum absolute atomic E-state index is 12.6. The van der Waals surface area contributed by atoms with E-state index in [0.717, 1.165) is 48.3 Å². The lowest BCUT2D eigenvalue weighted by atomic mass is 10.1. The van der Waals surface area contributed by atoms with Crippen molar-refractivity contribution in [3.05, 3.63) is 54.2 Å². The van der Waals surface area contributed by atoms with Crippen LogP contribution in [0.5, 0.6) is 5.75 Å². The second kappa shape index (κ2) is 9.50. The molecule has 0 radical (unpaired) electrons. The number of morpholine rings is 1. The molecule has 5 rings (SSSR count). The molecule has 0 unspecified atom stereocenters. The van der Waals surface area contributed by atoms with Gasteiger partial charge in [0.2, 0.25) is 5.95 Å². The predicted octanol–water partition coefficient (Wildman–Crippen LogP) is 2.98. The van der Waals surface area contributed by atoms with Gasteiger partial charge in [0.1, 0.15) is 17.4 Å². The summed E-state index contributed by atoms with van der Waals surface area (Å²) in [4.78, 5) is 23.6. The quantitative estimate of drug-likeness (QED) is 0.639. The molecule has 2 aliphatic heterocycles. The number of hydrogen-bond donors (Lipinski definition) is 2. The van der Waals surface area contributed by atoms with Gasteiger partial charge in [-0.15, -0.1) is 0 Å². The molecule has 32 heavy (non-hydrogen) atoms. The molecule has 2 aliphatic rings. The van der Waals surface area contributed by atoms with Gasteiger partial charge in [0.05, 0.1) is 13.2 Å². The van der Waals surface area contributed by atoms with E-state index in [0.29, 0.717) is 37.8 Å². The van der Waals surface area contributed by atoms with Gasteiger partial charge in [-0.2, -0.15) is 0 Å². The molecule has 0 atom stereocenters. The Labute approximate surface area is 186 Å². The van der Waals surface area contributed by atoms with E-state index in [-0.39, 0.29) is 12.0 Å². The minimum absolute atomic E-state index is 0.0292. The summed E-state index contributed by atoms with van der Waals surface area (Å²) in [6, 6.07) is 13.3. The number of rotatable bonds is 5. The second-order valence-corrected chi connectivity index (χ2v) is 8.06. The highest BCUT2D eigenvalue weighted by atomic mass is 16.5. The molecular formula is C24H27N5O3. The van der Waals surface area contributed by atoms with Gasteiger partial charge >= 0.3 is 0 Å². The molecule has 1 aromatic heterocycles. The van der Waals surface area contributed by atoms with Crippen molar-refractivity contribution in [1.82, 2.24) is 20.2 Å². The fraction of sp³-hybridized carbons (Fsp3) is 0.375. The number of fused-ring (bicyclic) bond motifs is 1. The Morgan fingerprint density at radius 1 is 1.09 bits per heavy atom. The Kier molecular flexibility index (Phi) is 6.13. The van der Waals surface area contributed by atoms with Gasteiger partial charge in [0.15, 0.2) is 0 Å². The Morgan fingerprint density at radius 2 is 1.88 bits per heavy atom. The number of carbonyl (C=O) groups is 1. The fourth-order valence-corrected chi connectivity index (χ4v) is 4.05. The summed E-state index contributed by atoms with van der Waals surface area (Å²) < 4.78 is 11.6. The minimum atomic E-state index is 0.0292. The number of carbonyl (C=O) groups excluding carboxylic acids is 1. The average Bonchev–Trinajstić information content (AvgIpc) is 2.86. The van der Waals surface area contributed by atoms with Gasteiger partial charge in [-0.25, -0.2) is 9.97 Å². The Bertz CT molecular complexity index is 1080. The van der Waals surface area contributed by atoms with Crippen LogP contribution >= 0.6 is 0 Å². The third kappa shape index (κ3) is 4.66. The van der Waals surface area contributed by atoms with E-state index in [4.69, 9.17) is 14.5 Å². The van der Waals surface area contributed by atoms with Crippen LogP contribution in [-0.4, -0.2) is 66.3 Å². The first-order valence-corrected chi connectivity index (χ1v) is 11.1. The number of hydrogen-bond acceptors (Lipinski definition) is 7. The summed E-state index contributed by atoms with van der Waals surface area (Å²) in [5, 5.41) is 7.54. The van der Waals surface area contributed by atoms with Crippen LogP contribution in [0.2, 0.25) is 0 Å². The van der Waals surface area contributed by atoms with E-state index in [1.165, 1.54) is 0 Å². The lowest BCUT2D eigenvalue weighted by Gasteiger charge is -2.26. The normalized spacial score (nSPS) is 17.3. The summed E-state index contributed by atoms with van der Waals surface area (Å²) in [6.45, 7) is 4.39. The van der Waals surface area contributed by atoms with E-state index in [1.54, 1.807) is 6.20 Å². The van der Waals surface area contributed by atoms with Crippen LogP contribution in [0.25, 0.3) is 10.9 Å². The maximum Gasteiger partial charge on any atom is 0.254 e. The van der Waals surface area contributed by atoms with Crippen molar-refractivity contribution in [3.8, 4) is 5.75 Å². The molecule has 3 heterocycles. The molecule has 166 valence electrons. The highest BCUT2D eigenvalue weighted by molar-refractivity contribution is 5.94. The van der Waals surface area contributed by atoms with Gasteiger partial charge in [-0.1, -0.05) is 12.1 Å². The zero-order chi connectivity index (χ0) is 21.8. The first-order valence-electron chi connectivity index (χ1n) is 11.1. The number of benzene rings is 2. The third-order valence-corrected chi connectivity index (χ3v) is 5.84. The van der Waals surface area contributed by atoms with Crippen LogP contribution in [0.3, 0.4) is 0 Å². The van der Waals surface area contributed by atoms with Crippen molar-refractivity contribution in [2.45, 2.75) is 18.9 Å². The molecule has 2 N–H and O–H groups in total. The maximum atomic E-state index is 12.6. The Morgan fingerprint density at radius 3 is 2.66 bits per heavy atom. The number of aromatic nitrogens is 2. The molecule has 2 fully saturated rings. The second-order valence-electron chi connectivity index (χ2n) is 8.06. The predicted molar refractivity (Wildman–Crippen MR) is 123 cm³/mol. The molecule has 3 aromatic rings. The Balaban J connectivity index is 1.31. The summed E-state index contributed by atoms with van der Waals surface area (Å²) in [7, 11) is 0. The van der Waals surface area contributed by atoms with E-state index in [2.05, 4.69) is 15.6 Å². The highest BCUT2D eigenvalue weighted by Crippen LogP contribution is 2.27. The van der Waals surface area contributed by atoms with E-state index >= 15 is 0 Å². The summed E-state index contributed by atoms with van der Waals surface area (Å²) >= 11 is 0. The van der Waals surface area contributed by atoms with Crippen LogP contribution < -0.4 is 15.4 Å². The number of nitrogens with one attached hydrogen (secondary N) is 2. The summed E-state index contributed by atoms with van der Waals surface area (Å²) in [5.41, 5.74) is 2.27. The molecule has 2 saturated heterocycles. The third-order valence-electron chi connectivity index (χ3n) is 5.84. The zero-order valence-electron chi connectivity index (χ0n) is 17.9. The first-order chi connectivity index (χ1) is 15.8. The molecule has 8 nitrogen and oxygen atoms in total. The summed E-state index contributed by atoms with van der Waals surface area (Å²) in [6.07, 6.45) is 3.98. The smallest absolute Gasteiger partial charge is 0.254 e. The van der Waals surface area contributed by atoms with Crippen molar-refractivity contribution in [1.29, 1.82) is 0 Å². The molecule has 8 heteroatoms. The highest BCUT2D eigenvalue weighted by Gasteiger charge is 2.19. The number of piperidine rings is 1. The largest absolute Gasteiger partial charge is 0.488 e. The van der Waals surface area contributed by atoms with Crippen LogP contribution in [0.15, 0.2) is 48.7 Å². The molecule has 0 aliphatic carbocycles. The first kappa shape index (κ1) is 20.7. The lowest BCUT2D eigenvalue weighted by molar-refractivity contribution is 0.0303. The van der Waals surface area contributed by atoms with Crippen LogP contribution in [0, 0.1) is 0 Å². The lowest BCUT2D eigenvalue weighted by Crippen LogP contribution is -2.40. The number of ether oxygens (including phenoxy) is 2. The van der Waals surface area contributed by atoms with Gasteiger partial charge in [-0.05, 0) is 56.3 Å². The average molecular weight is 434 g/mol. The van der Waals surface area contributed by atoms with Crippen molar-refractivity contribution in [2.24, 2.45) is 0 Å². The van der Waals surface area contributed by atoms with Crippen molar-refractivity contribution in [2.75, 3.05) is 44.7 Å². The minimum Gasteiger partial charge on any atom is -0.488 e. The topological polar surface area (TPSA) is 88.6 Å². The van der Waals surface area contributed by atoms with Gasteiger partial charge < -0.3 is 25.0 Å². The van der Waals surface area contributed by atoms with Gasteiger partial charge in [0.25, 0.3) is 5.91 Å². The van der Waals surface area contributed by atoms with Gasteiger partial charge in [0, 0.05) is 35.9 Å². The molecule has 0 bridgehead atoms. The van der Waals surface area contributed by atoms with Crippen LogP contribution in [0.1, 0.15) is 23.2 Å². The molecule has 2 aromatic carbocycles. The van der Waals surface area contributed by atoms with Crippen molar-refractivity contribution < 1.29 is 14.3 Å². The zero-order valence-corrected chi connectivity index (χ0v) is 17.9. The SMILES string of the molecule is O=C(c1ccc(Nc2ncc3cccc(OC4CCNCC4)c3n2)cc1)N1CCOCC1. The molecule has 1 amide bonds. The number of anilines is 2. The molecular weight excluding hydrogens is 406 g/mol. The number of nitrogens with zero attached hydrogens (tertiary/aromatic N) is 3. The van der Waals surface area contributed by atoms with Crippen LogP contribution in [-0.2, 0) is 4.74 Å². The standard InChI is InChI=1S/C24H27N5O3/c30-23(29-12-14-31-15-13-29)17-4-6-19(7-5-17)27-24-26-16-18-2-1-3-21(22(18)28-24)32-20-8-10-25-11-9-20/h1-7,16,20,25H,8-15H2,(H,26,27,28). The molecule has 0 spiro atoms. The van der Waals surface area contributed by atoms with Crippen molar-refractivity contribution >= 4 is 28.4 Å².